The predicted molar refractivity (Wildman–Crippen MR) is 85.1 cm³/mol. The SMILES string of the molecule is O=C(C=Cc1ccccc1)OCc1cc(-c2cccs2)on1. The van der Waals surface area contributed by atoms with Crippen molar-refractivity contribution in [3.63, 3.8) is 0 Å². The van der Waals surface area contributed by atoms with Crippen molar-refractivity contribution in [2.24, 2.45) is 0 Å². The normalized spacial score (nSPS) is 10.9. The van der Waals surface area contributed by atoms with Crippen LogP contribution >= 0.6 is 11.3 Å². The Kier molecular flexibility index (Phi) is 4.46. The first-order valence-corrected chi connectivity index (χ1v) is 7.58. The fourth-order valence-corrected chi connectivity index (χ4v) is 2.51. The number of esters is 1. The van der Waals surface area contributed by atoms with Gasteiger partial charge in [0.05, 0.1) is 4.88 Å². The van der Waals surface area contributed by atoms with Crippen LogP contribution in [0.2, 0.25) is 0 Å². The topological polar surface area (TPSA) is 52.3 Å². The minimum atomic E-state index is -0.412. The molecule has 5 heteroatoms. The standard InChI is InChI=1S/C17H13NO3S/c19-17(9-8-13-5-2-1-3-6-13)20-12-14-11-15(21-18-14)16-7-4-10-22-16/h1-11H,12H2. The molecule has 0 N–H and O–H groups in total. The number of rotatable bonds is 5. The Morgan fingerprint density at radius 2 is 2.09 bits per heavy atom. The molecule has 0 radical (unpaired) electrons. The maximum atomic E-state index is 11.7. The lowest BCUT2D eigenvalue weighted by Gasteiger charge is -1.97. The molecule has 3 rings (SSSR count). The summed E-state index contributed by atoms with van der Waals surface area (Å²) in [6.07, 6.45) is 3.11. The van der Waals surface area contributed by atoms with E-state index in [1.807, 2.05) is 47.8 Å². The Morgan fingerprint density at radius 1 is 1.23 bits per heavy atom. The predicted octanol–water partition coefficient (Wildman–Crippen LogP) is 4.16. The number of hydrogen-bond donors (Lipinski definition) is 0. The lowest BCUT2D eigenvalue weighted by atomic mass is 10.2. The summed E-state index contributed by atoms with van der Waals surface area (Å²) in [7, 11) is 0. The molecule has 0 atom stereocenters. The molecular weight excluding hydrogens is 298 g/mol. The van der Waals surface area contributed by atoms with Gasteiger partial charge in [-0.3, -0.25) is 0 Å². The maximum absolute atomic E-state index is 11.7. The fourth-order valence-electron chi connectivity index (χ4n) is 1.84. The number of aromatic nitrogens is 1. The highest BCUT2D eigenvalue weighted by atomic mass is 32.1. The van der Waals surface area contributed by atoms with Gasteiger partial charge in [0.2, 0.25) is 0 Å². The average Bonchev–Trinajstić information content (AvgIpc) is 3.22. The van der Waals surface area contributed by atoms with Gasteiger partial charge in [-0.15, -0.1) is 11.3 Å². The van der Waals surface area contributed by atoms with E-state index >= 15 is 0 Å². The van der Waals surface area contributed by atoms with Crippen LogP contribution in [0.1, 0.15) is 11.3 Å². The minimum absolute atomic E-state index is 0.0901. The summed E-state index contributed by atoms with van der Waals surface area (Å²) in [6, 6.07) is 15.2. The monoisotopic (exact) mass is 311 g/mol. The summed E-state index contributed by atoms with van der Waals surface area (Å²) in [6.45, 7) is 0.0901. The molecule has 0 amide bonds. The van der Waals surface area contributed by atoms with E-state index in [0.29, 0.717) is 11.5 Å². The van der Waals surface area contributed by atoms with E-state index in [2.05, 4.69) is 5.16 Å². The third kappa shape index (κ3) is 3.71. The first-order valence-electron chi connectivity index (χ1n) is 6.70. The van der Waals surface area contributed by atoms with Crippen LogP contribution < -0.4 is 0 Å². The Hall–Kier alpha value is -2.66. The van der Waals surface area contributed by atoms with Crippen molar-refractivity contribution < 1.29 is 14.1 Å². The second-order valence-electron chi connectivity index (χ2n) is 4.51. The molecule has 0 spiro atoms. The number of carbonyl (C=O) groups is 1. The van der Waals surface area contributed by atoms with Crippen molar-refractivity contribution in [2.45, 2.75) is 6.61 Å². The van der Waals surface area contributed by atoms with Crippen LogP contribution in [0.4, 0.5) is 0 Å². The lowest BCUT2D eigenvalue weighted by molar-refractivity contribution is -0.139. The van der Waals surface area contributed by atoms with Crippen molar-refractivity contribution in [3.8, 4) is 10.6 Å². The number of thiophene rings is 1. The molecule has 0 aliphatic heterocycles. The molecule has 3 aromatic rings. The fraction of sp³-hybridized carbons (Fsp3) is 0.0588. The van der Waals surface area contributed by atoms with Crippen LogP contribution in [0.5, 0.6) is 0 Å². The highest BCUT2D eigenvalue weighted by molar-refractivity contribution is 7.13. The molecule has 110 valence electrons. The zero-order chi connectivity index (χ0) is 15.2. The van der Waals surface area contributed by atoms with Crippen molar-refractivity contribution in [2.75, 3.05) is 0 Å². The van der Waals surface area contributed by atoms with E-state index in [9.17, 15) is 4.79 Å². The van der Waals surface area contributed by atoms with Crippen molar-refractivity contribution in [1.29, 1.82) is 0 Å². The van der Waals surface area contributed by atoms with Crippen LogP contribution in [0.25, 0.3) is 16.7 Å². The van der Waals surface area contributed by atoms with Crippen molar-refractivity contribution in [3.05, 3.63) is 71.2 Å². The summed E-state index contributed by atoms with van der Waals surface area (Å²) in [4.78, 5) is 12.7. The van der Waals surface area contributed by atoms with Crippen LogP contribution in [-0.2, 0) is 16.1 Å². The quantitative estimate of drug-likeness (QED) is 0.524. The van der Waals surface area contributed by atoms with Gasteiger partial charge in [0, 0.05) is 12.1 Å². The second kappa shape index (κ2) is 6.87. The molecule has 1 aromatic carbocycles. The summed E-state index contributed by atoms with van der Waals surface area (Å²) in [5.41, 5.74) is 1.53. The van der Waals surface area contributed by atoms with E-state index in [4.69, 9.17) is 9.26 Å². The molecule has 0 bridgehead atoms. The molecule has 2 aromatic heterocycles. The third-order valence-corrected chi connectivity index (χ3v) is 3.78. The molecule has 22 heavy (non-hydrogen) atoms. The molecular formula is C17H13NO3S. The van der Waals surface area contributed by atoms with Gasteiger partial charge in [0.25, 0.3) is 0 Å². The number of ether oxygens (including phenoxy) is 1. The number of benzene rings is 1. The zero-order valence-corrected chi connectivity index (χ0v) is 12.5. The number of nitrogens with zero attached hydrogens (tertiary/aromatic N) is 1. The molecule has 2 heterocycles. The highest BCUT2D eigenvalue weighted by Gasteiger charge is 2.08. The van der Waals surface area contributed by atoms with Gasteiger partial charge in [-0.2, -0.15) is 0 Å². The Morgan fingerprint density at radius 3 is 2.86 bits per heavy atom. The van der Waals surface area contributed by atoms with Gasteiger partial charge in [0.1, 0.15) is 12.3 Å². The third-order valence-electron chi connectivity index (χ3n) is 2.90. The Labute approximate surface area is 131 Å². The van der Waals surface area contributed by atoms with E-state index in [0.717, 1.165) is 10.4 Å². The highest BCUT2D eigenvalue weighted by Crippen LogP contribution is 2.25. The van der Waals surface area contributed by atoms with Gasteiger partial charge in [-0.25, -0.2) is 4.79 Å². The smallest absolute Gasteiger partial charge is 0.331 e. The molecule has 0 unspecified atom stereocenters. The largest absolute Gasteiger partial charge is 0.456 e. The van der Waals surface area contributed by atoms with Gasteiger partial charge in [-0.1, -0.05) is 41.6 Å². The second-order valence-corrected chi connectivity index (χ2v) is 5.46. The average molecular weight is 311 g/mol. The zero-order valence-electron chi connectivity index (χ0n) is 11.6. The number of hydrogen-bond acceptors (Lipinski definition) is 5. The van der Waals surface area contributed by atoms with Crippen LogP contribution in [0.3, 0.4) is 0 Å². The first kappa shape index (κ1) is 14.3. The summed E-state index contributed by atoms with van der Waals surface area (Å²) >= 11 is 1.57. The molecule has 4 nitrogen and oxygen atoms in total. The van der Waals surface area contributed by atoms with Crippen molar-refractivity contribution >= 4 is 23.4 Å². The van der Waals surface area contributed by atoms with E-state index in [-0.39, 0.29) is 6.61 Å². The molecule has 0 aliphatic carbocycles. The van der Waals surface area contributed by atoms with Gasteiger partial charge in [-0.05, 0) is 23.1 Å². The first-order chi connectivity index (χ1) is 10.8. The summed E-state index contributed by atoms with van der Waals surface area (Å²) in [5, 5.41) is 5.86. The lowest BCUT2D eigenvalue weighted by Crippen LogP contribution is -2.00. The van der Waals surface area contributed by atoms with Gasteiger partial charge < -0.3 is 9.26 Å². The van der Waals surface area contributed by atoms with E-state index in [1.165, 1.54) is 6.08 Å². The van der Waals surface area contributed by atoms with Crippen molar-refractivity contribution in [1.82, 2.24) is 5.16 Å². The van der Waals surface area contributed by atoms with Crippen LogP contribution in [0.15, 0.2) is 64.5 Å². The number of carbonyl (C=O) groups excluding carboxylic acids is 1. The summed E-state index contributed by atoms with van der Waals surface area (Å²) < 4.78 is 10.4. The molecule has 0 fully saturated rings. The minimum Gasteiger partial charge on any atom is -0.456 e. The Bertz CT molecular complexity index is 760. The van der Waals surface area contributed by atoms with E-state index in [1.54, 1.807) is 23.5 Å². The molecule has 0 saturated carbocycles. The van der Waals surface area contributed by atoms with E-state index < -0.39 is 5.97 Å². The molecule has 0 aliphatic rings. The summed E-state index contributed by atoms with van der Waals surface area (Å²) in [5.74, 6) is 0.269. The molecule has 0 saturated heterocycles. The Balaban J connectivity index is 1.54. The van der Waals surface area contributed by atoms with Crippen LogP contribution in [0, 0.1) is 0 Å². The van der Waals surface area contributed by atoms with Gasteiger partial charge >= 0.3 is 5.97 Å². The van der Waals surface area contributed by atoms with Crippen LogP contribution in [-0.4, -0.2) is 11.1 Å². The van der Waals surface area contributed by atoms with Gasteiger partial charge in [0.15, 0.2) is 5.76 Å². The maximum Gasteiger partial charge on any atom is 0.331 e.